The van der Waals surface area contributed by atoms with E-state index >= 15 is 0 Å². The maximum absolute atomic E-state index is 12.3. The van der Waals surface area contributed by atoms with Gasteiger partial charge in [0.1, 0.15) is 11.6 Å². The predicted octanol–water partition coefficient (Wildman–Crippen LogP) is 3.07. The average Bonchev–Trinajstić information content (AvgIpc) is 2.73. The molecule has 0 saturated carbocycles. The molecule has 1 amide bonds. The second-order valence-corrected chi connectivity index (χ2v) is 5.99. The number of benzene rings is 1. The quantitative estimate of drug-likeness (QED) is 0.644. The lowest BCUT2D eigenvalue weighted by atomic mass is 10.1. The predicted molar refractivity (Wildman–Crippen MR) is 105 cm³/mol. The number of rotatable bonds is 8. The molecule has 2 N–H and O–H groups in total. The van der Waals surface area contributed by atoms with Crippen molar-refractivity contribution in [3.63, 3.8) is 0 Å². The monoisotopic (exact) mass is 362 g/mol. The fourth-order valence-corrected chi connectivity index (χ4v) is 2.58. The Balaban J connectivity index is 1.51. The zero-order valence-corrected chi connectivity index (χ0v) is 15.2. The number of carbonyl (C=O) groups excluding carboxylic acids is 1. The maximum Gasteiger partial charge on any atom is 0.251 e. The number of hydrogen-bond acceptors (Lipinski definition) is 5. The summed E-state index contributed by atoms with van der Waals surface area (Å²) in [7, 11) is 1.66. The Morgan fingerprint density at radius 3 is 2.52 bits per heavy atom. The minimum Gasteiger partial charge on any atom is -0.497 e. The Morgan fingerprint density at radius 1 is 1.00 bits per heavy atom. The topological polar surface area (TPSA) is 76.1 Å². The van der Waals surface area contributed by atoms with E-state index in [-0.39, 0.29) is 5.91 Å². The van der Waals surface area contributed by atoms with Gasteiger partial charge in [0.15, 0.2) is 0 Å². The summed E-state index contributed by atoms with van der Waals surface area (Å²) in [4.78, 5) is 20.6. The van der Waals surface area contributed by atoms with Gasteiger partial charge in [0.2, 0.25) is 0 Å². The van der Waals surface area contributed by atoms with E-state index in [2.05, 4.69) is 20.6 Å². The summed E-state index contributed by atoms with van der Waals surface area (Å²) >= 11 is 0. The van der Waals surface area contributed by atoms with Gasteiger partial charge in [-0.3, -0.25) is 9.78 Å². The van der Waals surface area contributed by atoms with E-state index in [0.29, 0.717) is 17.9 Å². The van der Waals surface area contributed by atoms with Gasteiger partial charge in [-0.15, -0.1) is 0 Å². The molecule has 138 valence electrons. The van der Waals surface area contributed by atoms with Crippen LogP contribution in [-0.4, -0.2) is 29.5 Å². The number of methoxy groups -OCH3 is 1. The van der Waals surface area contributed by atoms with Crippen LogP contribution in [-0.2, 0) is 13.0 Å². The number of nitrogens with zero attached hydrogens (tertiary/aromatic N) is 2. The van der Waals surface area contributed by atoms with Crippen molar-refractivity contribution in [2.45, 2.75) is 13.0 Å². The molecular formula is C21H22N4O2. The molecule has 2 heterocycles. The van der Waals surface area contributed by atoms with E-state index in [1.165, 1.54) is 5.56 Å². The largest absolute Gasteiger partial charge is 0.497 e. The summed E-state index contributed by atoms with van der Waals surface area (Å²) in [6.07, 6.45) is 5.90. The van der Waals surface area contributed by atoms with E-state index in [1.807, 2.05) is 36.4 Å². The van der Waals surface area contributed by atoms with Gasteiger partial charge in [-0.1, -0.05) is 12.1 Å². The van der Waals surface area contributed by atoms with Crippen LogP contribution >= 0.6 is 0 Å². The normalized spacial score (nSPS) is 10.3. The van der Waals surface area contributed by atoms with E-state index in [0.717, 1.165) is 24.3 Å². The van der Waals surface area contributed by atoms with Crippen molar-refractivity contribution in [3.8, 4) is 5.75 Å². The van der Waals surface area contributed by atoms with Gasteiger partial charge in [0.25, 0.3) is 5.91 Å². The van der Waals surface area contributed by atoms with Crippen molar-refractivity contribution in [2.24, 2.45) is 0 Å². The van der Waals surface area contributed by atoms with Crippen molar-refractivity contribution in [1.82, 2.24) is 15.3 Å². The summed E-state index contributed by atoms with van der Waals surface area (Å²) < 4.78 is 5.16. The molecule has 6 heteroatoms. The molecular weight excluding hydrogens is 340 g/mol. The van der Waals surface area contributed by atoms with Crippen LogP contribution in [0.2, 0.25) is 0 Å². The fourth-order valence-electron chi connectivity index (χ4n) is 2.58. The Hall–Kier alpha value is -3.41. The zero-order valence-electron chi connectivity index (χ0n) is 15.2. The molecule has 3 rings (SSSR count). The number of ether oxygens (including phenoxy) is 1. The van der Waals surface area contributed by atoms with E-state index < -0.39 is 0 Å². The lowest BCUT2D eigenvalue weighted by Gasteiger charge is -2.09. The number of anilines is 1. The van der Waals surface area contributed by atoms with E-state index in [9.17, 15) is 4.79 Å². The van der Waals surface area contributed by atoms with Crippen LogP contribution in [0.4, 0.5) is 5.82 Å². The smallest absolute Gasteiger partial charge is 0.251 e. The molecule has 0 atom stereocenters. The molecule has 0 aliphatic heterocycles. The van der Waals surface area contributed by atoms with Gasteiger partial charge in [-0.25, -0.2) is 4.98 Å². The van der Waals surface area contributed by atoms with Gasteiger partial charge in [0, 0.05) is 37.2 Å². The Morgan fingerprint density at radius 2 is 1.78 bits per heavy atom. The molecule has 0 radical (unpaired) electrons. The lowest BCUT2D eigenvalue weighted by molar-refractivity contribution is 0.0951. The number of nitrogens with one attached hydrogen (secondary N) is 2. The molecule has 0 fully saturated rings. The van der Waals surface area contributed by atoms with Gasteiger partial charge in [-0.05, 0) is 53.9 Å². The van der Waals surface area contributed by atoms with Crippen molar-refractivity contribution < 1.29 is 9.53 Å². The number of aromatic nitrogens is 2. The number of amides is 1. The Labute approximate surface area is 158 Å². The Bertz CT molecular complexity index is 867. The highest BCUT2D eigenvalue weighted by Gasteiger charge is 2.07. The first-order valence-corrected chi connectivity index (χ1v) is 8.74. The van der Waals surface area contributed by atoms with Crippen LogP contribution < -0.4 is 15.4 Å². The standard InChI is InChI=1S/C21H22N4O2/c1-27-19-4-2-16(3-5-19)8-12-23-20-14-18(9-13-24-20)21(26)25-15-17-6-10-22-11-7-17/h2-7,9-11,13-14H,8,12,15H2,1H3,(H,23,24)(H,25,26). The molecule has 0 spiro atoms. The van der Waals surface area contributed by atoms with Crippen molar-refractivity contribution in [1.29, 1.82) is 0 Å². The number of pyridine rings is 2. The minimum absolute atomic E-state index is 0.132. The highest BCUT2D eigenvalue weighted by atomic mass is 16.5. The molecule has 1 aromatic carbocycles. The summed E-state index contributed by atoms with van der Waals surface area (Å²) in [5, 5.41) is 6.16. The molecule has 27 heavy (non-hydrogen) atoms. The fraction of sp³-hybridized carbons (Fsp3) is 0.190. The lowest BCUT2D eigenvalue weighted by Crippen LogP contribution is -2.23. The molecule has 0 saturated heterocycles. The second kappa shape index (κ2) is 9.33. The SMILES string of the molecule is COc1ccc(CCNc2cc(C(=O)NCc3ccncc3)ccn2)cc1. The molecule has 0 bridgehead atoms. The molecule has 6 nitrogen and oxygen atoms in total. The van der Waals surface area contributed by atoms with E-state index in [4.69, 9.17) is 4.74 Å². The van der Waals surface area contributed by atoms with Crippen LogP contribution in [0.15, 0.2) is 67.1 Å². The molecule has 0 unspecified atom stereocenters. The molecule has 2 aromatic heterocycles. The van der Waals surface area contributed by atoms with Crippen LogP contribution in [0.5, 0.6) is 5.75 Å². The summed E-state index contributed by atoms with van der Waals surface area (Å²) in [6.45, 7) is 1.19. The first kappa shape index (κ1) is 18.4. The molecule has 0 aliphatic rings. The summed E-state index contributed by atoms with van der Waals surface area (Å²) in [5.74, 6) is 1.39. The second-order valence-electron chi connectivity index (χ2n) is 5.99. The van der Waals surface area contributed by atoms with Crippen molar-refractivity contribution in [3.05, 3.63) is 83.8 Å². The first-order valence-electron chi connectivity index (χ1n) is 8.74. The van der Waals surface area contributed by atoms with Gasteiger partial charge < -0.3 is 15.4 Å². The van der Waals surface area contributed by atoms with Crippen LogP contribution in [0.25, 0.3) is 0 Å². The van der Waals surface area contributed by atoms with Crippen molar-refractivity contribution in [2.75, 3.05) is 19.0 Å². The average molecular weight is 362 g/mol. The minimum atomic E-state index is -0.132. The summed E-state index contributed by atoms with van der Waals surface area (Å²) in [6, 6.07) is 15.2. The van der Waals surface area contributed by atoms with Crippen LogP contribution in [0.3, 0.4) is 0 Å². The van der Waals surface area contributed by atoms with E-state index in [1.54, 1.807) is 37.8 Å². The highest BCUT2D eigenvalue weighted by Crippen LogP contribution is 2.12. The number of hydrogen-bond donors (Lipinski definition) is 2. The highest BCUT2D eigenvalue weighted by molar-refractivity contribution is 5.94. The first-order chi connectivity index (χ1) is 13.2. The van der Waals surface area contributed by atoms with Crippen LogP contribution in [0, 0.1) is 0 Å². The van der Waals surface area contributed by atoms with Gasteiger partial charge in [-0.2, -0.15) is 0 Å². The third-order valence-electron chi connectivity index (χ3n) is 4.10. The molecule has 0 aliphatic carbocycles. The third kappa shape index (κ3) is 5.54. The van der Waals surface area contributed by atoms with Gasteiger partial charge in [0.05, 0.1) is 7.11 Å². The maximum atomic E-state index is 12.3. The summed E-state index contributed by atoms with van der Waals surface area (Å²) in [5.41, 5.74) is 2.78. The van der Waals surface area contributed by atoms with Gasteiger partial charge >= 0.3 is 0 Å². The molecule has 3 aromatic rings. The zero-order chi connectivity index (χ0) is 18.9. The number of carbonyl (C=O) groups is 1. The van der Waals surface area contributed by atoms with Crippen molar-refractivity contribution >= 4 is 11.7 Å². The third-order valence-corrected chi connectivity index (χ3v) is 4.10. The van der Waals surface area contributed by atoms with Crippen LogP contribution in [0.1, 0.15) is 21.5 Å². The Kier molecular flexibility index (Phi) is 6.35.